The predicted molar refractivity (Wildman–Crippen MR) is 96.4 cm³/mol. The highest BCUT2D eigenvalue weighted by Crippen LogP contribution is 2.29. The molecule has 0 bridgehead atoms. The van der Waals surface area contributed by atoms with Crippen molar-refractivity contribution in [3.05, 3.63) is 46.9 Å². The Morgan fingerprint density at radius 3 is 3.12 bits per heavy atom. The highest BCUT2D eigenvalue weighted by atomic mass is 35.5. The molecule has 2 heterocycles. The van der Waals surface area contributed by atoms with Gasteiger partial charge in [-0.1, -0.05) is 17.7 Å². The van der Waals surface area contributed by atoms with Crippen molar-refractivity contribution in [2.75, 3.05) is 0 Å². The molecule has 25 heavy (non-hydrogen) atoms. The van der Waals surface area contributed by atoms with E-state index in [9.17, 15) is 4.79 Å². The first-order valence-corrected chi connectivity index (χ1v) is 8.91. The average molecular weight is 358 g/mol. The van der Waals surface area contributed by atoms with Crippen molar-refractivity contribution in [3.63, 3.8) is 0 Å². The molecule has 3 aromatic rings. The van der Waals surface area contributed by atoms with Crippen LogP contribution in [0.2, 0.25) is 5.02 Å². The fourth-order valence-corrected chi connectivity index (χ4v) is 3.79. The summed E-state index contributed by atoms with van der Waals surface area (Å²) in [6.07, 6.45) is 7.07. The van der Waals surface area contributed by atoms with E-state index >= 15 is 0 Å². The number of aromatic nitrogens is 4. The average Bonchev–Trinajstić information content (AvgIpc) is 3.19. The molecule has 4 rings (SSSR count). The summed E-state index contributed by atoms with van der Waals surface area (Å²) in [5.74, 6) is 0.0346. The molecular weight excluding hydrogens is 338 g/mol. The van der Waals surface area contributed by atoms with Gasteiger partial charge in [0.1, 0.15) is 0 Å². The molecule has 7 heteroatoms. The molecule has 1 N–H and O–H groups in total. The second-order valence-electron chi connectivity index (χ2n) is 6.47. The van der Waals surface area contributed by atoms with Gasteiger partial charge in [-0.25, -0.2) is 0 Å². The van der Waals surface area contributed by atoms with E-state index in [2.05, 4.69) is 15.5 Å². The molecule has 0 fully saturated rings. The van der Waals surface area contributed by atoms with Crippen LogP contribution in [0.25, 0.3) is 10.9 Å². The van der Waals surface area contributed by atoms with Gasteiger partial charge in [0.2, 0.25) is 5.91 Å². The number of rotatable bonds is 4. The van der Waals surface area contributed by atoms with Crippen LogP contribution in [-0.2, 0) is 24.8 Å². The molecule has 0 spiro atoms. The van der Waals surface area contributed by atoms with Gasteiger partial charge in [0.25, 0.3) is 0 Å². The molecule has 0 saturated carbocycles. The van der Waals surface area contributed by atoms with Gasteiger partial charge in [-0.15, -0.1) is 0 Å². The number of carbonyl (C=O) groups is 1. The van der Waals surface area contributed by atoms with E-state index in [4.69, 9.17) is 11.6 Å². The number of amides is 1. The standard InChI is InChI=1S/C18H20ClN5O/c1-23-16-6-3-5-15(13(16)11-20-23)22-18(25)8-9-24-17-7-2-4-14(19)12(17)10-21-24/h2,4,7,10-11,15H,3,5-6,8-9H2,1H3,(H,22,25). The van der Waals surface area contributed by atoms with E-state index in [-0.39, 0.29) is 11.9 Å². The molecule has 0 aliphatic heterocycles. The van der Waals surface area contributed by atoms with Crippen molar-refractivity contribution in [1.82, 2.24) is 24.9 Å². The largest absolute Gasteiger partial charge is 0.349 e. The van der Waals surface area contributed by atoms with Gasteiger partial charge < -0.3 is 5.32 Å². The number of hydrogen-bond acceptors (Lipinski definition) is 3. The zero-order valence-electron chi connectivity index (χ0n) is 14.1. The number of aryl methyl sites for hydroxylation is 2. The molecule has 0 radical (unpaired) electrons. The van der Waals surface area contributed by atoms with E-state index in [0.29, 0.717) is 18.0 Å². The van der Waals surface area contributed by atoms with Crippen LogP contribution in [0.4, 0.5) is 0 Å². The van der Waals surface area contributed by atoms with Crippen molar-refractivity contribution in [1.29, 1.82) is 0 Å². The van der Waals surface area contributed by atoms with Gasteiger partial charge in [0.05, 0.1) is 35.5 Å². The normalized spacial score (nSPS) is 16.8. The van der Waals surface area contributed by atoms with Crippen LogP contribution in [0.3, 0.4) is 0 Å². The van der Waals surface area contributed by atoms with Crippen LogP contribution < -0.4 is 5.32 Å². The third kappa shape index (κ3) is 3.02. The number of nitrogens with zero attached hydrogens (tertiary/aromatic N) is 4. The van der Waals surface area contributed by atoms with Gasteiger partial charge in [0, 0.05) is 30.1 Å². The molecule has 6 nitrogen and oxygen atoms in total. The van der Waals surface area contributed by atoms with Crippen molar-refractivity contribution < 1.29 is 4.79 Å². The summed E-state index contributed by atoms with van der Waals surface area (Å²) in [6.45, 7) is 0.530. The van der Waals surface area contributed by atoms with E-state index in [1.807, 2.05) is 40.8 Å². The molecule has 1 atom stereocenters. The summed E-state index contributed by atoms with van der Waals surface area (Å²) < 4.78 is 3.74. The Balaban J connectivity index is 1.42. The van der Waals surface area contributed by atoms with Crippen LogP contribution in [0.15, 0.2) is 30.6 Å². The Morgan fingerprint density at radius 1 is 1.36 bits per heavy atom. The third-order valence-corrected chi connectivity index (χ3v) is 5.23. The lowest BCUT2D eigenvalue weighted by molar-refractivity contribution is -0.122. The van der Waals surface area contributed by atoms with Gasteiger partial charge in [-0.3, -0.25) is 14.2 Å². The molecule has 1 aliphatic rings. The van der Waals surface area contributed by atoms with Crippen LogP contribution in [-0.4, -0.2) is 25.5 Å². The minimum Gasteiger partial charge on any atom is -0.349 e. The maximum Gasteiger partial charge on any atom is 0.222 e. The summed E-state index contributed by atoms with van der Waals surface area (Å²) >= 11 is 6.17. The molecule has 1 amide bonds. The lowest BCUT2D eigenvalue weighted by Crippen LogP contribution is -2.31. The first-order valence-electron chi connectivity index (χ1n) is 8.53. The molecule has 1 aliphatic carbocycles. The lowest BCUT2D eigenvalue weighted by atomic mass is 9.93. The van der Waals surface area contributed by atoms with Crippen LogP contribution in [0, 0.1) is 0 Å². The van der Waals surface area contributed by atoms with E-state index in [1.54, 1.807) is 6.20 Å². The number of hydrogen-bond donors (Lipinski definition) is 1. The fourth-order valence-electron chi connectivity index (χ4n) is 3.58. The quantitative estimate of drug-likeness (QED) is 0.780. The van der Waals surface area contributed by atoms with Crippen molar-refractivity contribution in [2.45, 2.75) is 38.3 Å². The number of fused-ring (bicyclic) bond motifs is 2. The van der Waals surface area contributed by atoms with Gasteiger partial charge in [0.15, 0.2) is 0 Å². The van der Waals surface area contributed by atoms with Gasteiger partial charge in [-0.05, 0) is 31.4 Å². The Morgan fingerprint density at radius 2 is 2.24 bits per heavy atom. The molecule has 0 saturated heterocycles. The molecule has 130 valence electrons. The second kappa shape index (κ2) is 6.52. The highest BCUT2D eigenvalue weighted by Gasteiger charge is 2.24. The number of halogens is 1. The Labute approximate surface area is 150 Å². The van der Waals surface area contributed by atoms with Crippen molar-refractivity contribution >= 4 is 28.4 Å². The maximum absolute atomic E-state index is 12.4. The van der Waals surface area contributed by atoms with E-state index < -0.39 is 0 Å². The van der Waals surface area contributed by atoms with Gasteiger partial charge in [-0.2, -0.15) is 10.2 Å². The van der Waals surface area contributed by atoms with Crippen LogP contribution in [0.5, 0.6) is 0 Å². The maximum atomic E-state index is 12.4. The SMILES string of the molecule is Cn1ncc2c1CCCC2NC(=O)CCn1ncc2c(Cl)cccc21. The van der Waals surface area contributed by atoms with E-state index in [1.165, 1.54) is 5.69 Å². The third-order valence-electron chi connectivity index (χ3n) is 4.90. The zero-order chi connectivity index (χ0) is 17.4. The summed E-state index contributed by atoms with van der Waals surface area (Å²) in [5, 5.41) is 13.4. The fraction of sp³-hybridized carbons (Fsp3) is 0.389. The number of carbonyl (C=O) groups excluding carboxylic acids is 1. The highest BCUT2D eigenvalue weighted by molar-refractivity contribution is 6.35. The first-order chi connectivity index (χ1) is 12.1. The topological polar surface area (TPSA) is 64.7 Å². The van der Waals surface area contributed by atoms with E-state index in [0.717, 1.165) is 35.7 Å². The molecule has 1 aromatic carbocycles. The van der Waals surface area contributed by atoms with Crippen LogP contribution in [0.1, 0.15) is 36.6 Å². The summed E-state index contributed by atoms with van der Waals surface area (Å²) in [6, 6.07) is 5.77. The van der Waals surface area contributed by atoms with Crippen molar-refractivity contribution in [3.8, 4) is 0 Å². The minimum atomic E-state index is 0.0346. The number of benzene rings is 1. The monoisotopic (exact) mass is 357 g/mol. The van der Waals surface area contributed by atoms with Crippen molar-refractivity contribution in [2.24, 2.45) is 7.05 Å². The lowest BCUT2D eigenvalue weighted by Gasteiger charge is -2.23. The molecule has 1 unspecified atom stereocenters. The summed E-state index contributed by atoms with van der Waals surface area (Å²) in [7, 11) is 1.96. The Hall–Kier alpha value is -2.34. The first kappa shape index (κ1) is 16.1. The summed E-state index contributed by atoms with van der Waals surface area (Å²) in [4.78, 5) is 12.4. The summed E-state index contributed by atoms with van der Waals surface area (Å²) in [5.41, 5.74) is 3.33. The molecule has 2 aromatic heterocycles. The zero-order valence-corrected chi connectivity index (χ0v) is 14.8. The minimum absolute atomic E-state index is 0.0346. The Bertz CT molecular complexity index is 929. The second-order valence-corrected chi connectivity index (χ2v) is 6.88. The van der Waals surface area contributed by atoms with Crippen LogP contribution >= 0.6 is 11.6 Å². The smallest absolute Gasteiger partial charge is 0.222 e. The molecular formula is C18H20ClN5O. The predicted octanol–water partition coefficient (Wildman–Crippen LogP) is 3.01. The van der Waals surface area contributed by atoms with Gasteiger partial charge >= 0.3 is 0 Å². The number of nitrogens with one attached hydrogen (secondary N) is 1. The Kier molecular flexibility index (Phi) is 4.21.